The molecule has 0 aliphatic heterocycles. The Morgan fingerprint density at radius 1 is 0.574 bits per heavy atom. The Morgan fingerprint density at radius 2 is 0.915 bits per heavy atom. The van der Waals surface area contributed by atoms with E-state index in [-0.39, 0.29) is 6.42 Å². The second kappa shape index (κ2) is 33.5. The van der Waals surface area contributed by atoms with Crippen LogP contribution in [0.25, 0.3) is 0 Å². The predicted octanol–water partition coefficient (Wildman–Crippen LogP) is 10.4. The molecule has 3 atom stereocenters. The Labute approximate surface area is 291 Å². The van der Waals surface area contributed by atoms with Crippen LogP contribution >= 0.6 is 0 Å². The summed E-state index contributed by atoms with van der Waals surface area (Å²) in [4.78, 5) is 12.6. The molecule has 0 aromatic rings. The van der Waals surface area contributed by atoms with Crippen LogP contribution in [0.1, 0.15) is 206 Å². The molecule has 280 valence electrons. The molecule has 0 saturated carbocycles. The van der Waals surface area contributed by atoms with E-state index < -0.39 is 40.0 Å². The van der Waals surface area contributed by atoms with Crippen LogP contribution in [0.3, 0.4) is 0 Å². The summed E-state index contributed by atoms with van der Waals surface area (Å²) in [5.41, 5.74) is 0. The van der Waals surface area contributed by atoms with E-state index in [0.717, 1.165) is 38.5 Å². The number of aliphatic hydroxyl groups excluding tert-OH is 2. The lowest BCUT2D eigenvalue weighted by atomic mass is 10.0. The van der Waals surface area contributed by atoms with Gasteiger partial charge in [0.25, 0.3) is 10.1 Å². The topological polar surface area (TPSA) is 124 Å². The quantitative estimate of drug-likeness (QED) is 0.0295. The number of unbranched alkanes of at least 4 members (excludes halogenated alkanes) is 27. The molecule has 0 spiro atoms. The van der Waals surface area contributed by atoms with Crippen LogP contribution in [-0.2, 0) is 14.9 Å². The molecule has 0 saturated heterocycles. The normalized spacial score (nSPS) is 14.1. The van der Waals surface area contributed by atoms with Gasteiger partial charge in [-0.15, -0.1) is 0 Å². The van der Waals surface area contributed by atoms with Crippen LogP contribution < -0.4 is 5.32 Å². The number of nitrogens with one attached hydrogen (secondary N) is 1. The molecule has 3 unspecified atom stereocenters. The molecule has 7 nitrogen and oxygen atoms in total. The molecule has 0 aliphatic rings. The van der Waals surface area contributed by atoms with E-state index in [0.29, 0.717) is 6.42 Å². The number of amides is 1. The molecule has 0 radical (unpaired) electrons. The highest BCUT2D eigenvalue weighted by Crippen LogP contribution is 2.16. The van der Waals surface area contributed by atoms with Crippen LogP contribution in [-0.4, -0.2) is 53.1 Å². The zero-order chi connectivity index (χ0) is 34.9. The lowest BCUT2D eigenvalue weighted by molar-refractivity contribution is -0.130. The minimum atomic E-state index is -4.43. The first-order valence-corrected chi connectivity index (χ1v) is 21.6. The first-order chi connectivity index (χ1) is 22.7. The van der Waals surface area contributed by atoms with Gasteiger partial charge in [-0.25, -0.2) is 0 Å². The molecule has 0 heterocycles. The highest BCUT2D eigenvalue weighted by Gasteiger charge is 2.27. The summed E-state index contributed by atoms with van der Waals surface area (Å²) in [6.45, 7) is 4.49. The van der Waals surface area contributed by atoms with Gasteiger partial charge in [-0.3, -0.25) is 9.35 Å². The number of aliphatic hydroxyl groups is 2. The summed E-state index contributed by atoms with van der Waals surface area (Å²) in [7, 11) is -4.43. The summed E-state index contributed by atoms with van der Waals surface area (Å²) in [6, 6.07) is -1.23. The third kappa shape index (κ3) is 33.3. The Balaban J connectivity index is 3.96. The molecule has 0 bridgehead atoms. The Bertz CT molecular complexity index is 818. The van der Waals surface area contributed by atoms with E-state index in [4.69, 9.17) is 0 Å². The maximum Gasteiger partial charge on any atom is 0.267 e. The van der Waals surface area contributed by atoms with Crippen LogP contribution in [0.2, 0.25) is 0 Å². The molecule has 8 heteroatoms. The van der Waals surface area contributed by atoms with Crippen molar-refractivity contribution in [2.24, 2.45) is 0 Å². The Kier molecular flexibility index (Phi) is 32.8. The highest BCUT2D eigenvalue weighted by atomic mass is 32.2. The van der Waals surface area contributed by atoms with Gasteiger partial charge < -0.3 is 15.5 Å². The Morgan fingerprint density at radius 3 is 1.28 bits per heavy atom. The van der Waals surface area contributed by atoms with Crippen LogP contribution in [0.5, 0.6) is 0 Å². The van der Waals surface area contributed by atoms with E-state index in [1.165, 1.54) is 147 Å². The summed E-state index contributed by atoms with van der Waals surface area (Å²) in [5.74, 6) is -1.53. The van der Waals surface area contributed by atoms with Crippen LogP contribution in [0.4, 0.5) is 0 Å². The van der Waals surface area contributed by atoms with Gasteiger partial charge in [0.2, 0.25) is 5.91 Å². The number of hydrogen-bond acceptors (Lipinski definition) is 5. The minimum Gasteiger partial charge on any atom is -0.387 e. The minimum absolute atomic E-state index is 0.286. The molecule has 0 rings (SSSR count). The van der Waals surface area contributed by atoms with Crippen molar-refractivity contribution < 1.29 is 28.0 Å². The van der Waals surface area contributed by atoms with Gasteiger partial charge >= 0.3 is 0 Å². The van der Waals surface area contributed by atoms with Crippen LogP contribution in [0, 0.1) is 0 Å². The molecule has 0 fully saturated rings. The predicted molar refractivity (Wildman–Crippen MR) is 199 cm³/mol. The summed E-state index contributed by atoms with van der Waals surface area (Å²) in [6.07, 6.45) is 37.0. The maximum atomic E-state index is 12.6. The van der Waals surface area contributed by atoms with Gasteiger partial charge in [0, 0.05) is 0 Å². The van der Waals surface area contributed by atoms with E-state index in [9.17, 15) is 28.0 Å². The van der Waals surface area contributed by atoms with Crippen LogP contribution in [0.15, 0.2) is 12.2 Å². The number of hydrogen-bond donors (Lipinski definition) is 4. The number of carbonyl (C=O) groups is 1. The third-order valence-electron chi connectivity index (χ3n) is 9.32. The van der Waals surface area contributed by atoms with Crippen molar-refractivity contribution in [2.45, 2.75) is 225 Å². The third-order valence-corrected chi connectivity index (χ3v) is 10.1. The second-order valence-electron chi connectivity index (χ2n) is 14.1. The zero-order valence-corrected chi connectivity index (χ0v) is 31.6. The summed E-state index contributed by atoms with van der Waals surface area (Å²) in [5, 5.41) is 23.3. The lowest BCUT2D eigenvalue weighted by Crippen LogP contribution is -2.50. The van der Waals surface area contributed by atoms with Crippen molar-refractivity contribution >= 4 is 16.0 Å². The molecule has 0 aromatic heterocycles. The number of allylic oxidation sites excluding steroid dienone is 1. The molecule has 47 heavy (non-hydrogen) atoms. The van der Waals surface area contributed by atoms with Crippen molar-refractivity contribution in [3.63, 3.8) is 0 Å². The SMILES string of the molecule is CCCCCCCCCCC/C=C/C(O)C(CS(=O)(=O)O)NC(=O)C(O)CCCCCCCCCCCCCCCCCCCCC. The molecule has 0 aliphatic carbocycles. The van der Waals surface area contributed by atoms with E-state index in [2.05, 4.69) is 19.2 Å². The van der Waals surface area contributed by atoms with Crippen molar-refractivity contribution in [1.29, 1.82) is 0 Å². The molecule has 4 N–H and O–H groups in total. The van der Waals surface area contributed by atoms with E-state index in [1.807, 2.05) is 0 Å². The fourth-order valence-electron chi connectivity index (χ4n) is 6.22. The van der Waals surface area contributed by atoms with Crippen molar-refractivity contribution in [3.05, 3.63) is 12.2 Å². The fourth-order valence-corrected chi connectivity index (χ4v) is 6.96. The smallest absolute Gasteiger partial charge is 0.267 e. The maximum absolute atomic E-state index is 12.6. The largest absolute Gasteiger partial charge is 0.387 e. The lowest BCUT2D eigenvalue weighted by Gasteiger charge is -2.22. The van der Waals surface area contributed by atoms with Gasteiger partial charge in [0.1, 0.15) is 6.10 Å². The average Bonchev–Trinajstić information content (AvgIpc) is 3.03. The summed E-state index contributed by atoms with van der Waals surface area (Å²) >= 11 is 0. The molecular formula is C39H77NO6S. The Hall–Kier alpha value is -0.960. The van der Waals surface area contributed by atoms with Gasteiger partial charge in [-0.1, -0.05) is 199 Å². The van der Waals surface area contributed by atoms with Gasteiger partial charge in [0.05, 0.1) is 17.9 Å². The second-order valence-corrected chi connectivity index (χ2v) is 15.6. The van der Waals surface area contributed by atoms with Gasteiger partial charge in [-0.2, -0.15) is 8.42 Å². The molecular weight excluding hydrogens is 610 g/mol. The van der Waals surface area contributed by atoms with Crippen molar-refractivity contribution in [2.75, 3.05) is 5.75 Å². The van der Waals surface area contributed by atoms with Crippen molar-refractivity contribution in [1.82, 2.24) is 5.32 Å². The molecule has 0 aromatic carbocycles. The fraction of sp³-hybridized carbons (Fsp3) is 0.923. The monoisotopic (exact) mass is 688 g/mol. The van der Waals surface area contributed by atoms with E-state index >= 15 is 0 Å². The van der Waals surface area contributed by atoms with Crippen molar-refractivity contribution in [3.8, 4) is 0 Å². The van der Waals surface area contributed by atoms with Gasteiger partial charge in [0.15, 0.2) is 0 Å². The standard InChI is InChI=1S/C39H77NO6S/c1-3-5-7-9-11-13-15-16-17-18-19-20-21-22-24-26-28-30-32-34-38(42)39(43)40-36(35-47(44,45)46)37(41)33-31-29-27-25-23-14-12-10-8-6-4-2/h31,33,36-38,41-42H,3-30,32,34-35H2,1-2H3,(H,40,43)(H,44,45,46)/b33-31+. The van der Waals surface area contributed by atoms with E-state index in [1.54, 1.807) is 6.08 Å². The average molecular weight is 688 g/mol. The number of rotatable bonds is 36. The van der Waals surface area contributed by atoms with Gasteiger partial charge in [-0.05, 0) is 19.3 Å². The molecule has 1 amide bonds. The first-order valence-electron chi connectivity index (χ1n) is 20.0. The highest BCUT2D eigenvalue weighted by molar-refractivity contribution is 7.85. The summed E-state index contributed by atoms with van der Waals surface area (Å²) < 4.78 is 32.4. The zero-order valence-electron chi connectivity index (χ0n) is 30.8. The number of carbonyl (C=O) groups excluding carboxylic acids is 1. The first kappa shape index (κ1) is 46.0.